The predicted octanol–water partition coefficient (Wildman–Crippen LogP) is 2.41. The van der Waals surface area contributed by atoms with Gasteiger partial charge in [0.1, 0.15) is 0 Å². The number of aryl methyl sites for hydroxylation is 1. The molecule has 0 radical (unpaired) electrons. The summed E-state index contributed by atoms with van der Waals surface area (Å²) in [5, 5.41) is 3.10. The van der Waals surface area contributed by atoms with Crippen molar-refractivity contribution in [2.24, 2.45) is 5.73 Å². The van der Waals surface area contributed by atoms with Gasteiger partial charge in [-0.2, -0.15) is 0 Å². The van der Waals surface area contributed by atoms with Crippen LogP contribution in [0.2, 0.25) is 0 Å². The lowest BCUT2D eigenvalue weighted by Gasteiger charge is -2.31. The van der Waals surface area contributed by atoms with E-state index >= 15 is 0 Å². The Bertz CT molecular complexity index is 429. The molecule has 0 heterocycles. The van der Waals surface area contributed by atoms with E-state index in [0.717, 1.165) is 30.5 Å². The van der Waals surface area contributed by atoms with E-state index in [1.165, 1.54) is 6.42 Å². The van der Waals surface area contributed by atoms with Crippen LogP contribution in [0.15, 0.2) is 24.3 Å². The molecule has 1 aromatic rings. The van der Waals surface area contributed by atoms with Gasteiger partial charge in [0.15, 0.2) is 0 Å². The molecule has 0 saturated heterocycles. The minimum absolute atomic E-state index is 0.00690. The number of hydrogen-bond acceptors (Lipinski definition) is 2. The summed E-state index contributed by atoms with van der Waals surface area (Å²) >= 11 is 0. The van der Waals surface area contributed by atoms with Crippen molar-refractivity contribution in [2.45, 2.75) is 38.6 Å². The summed E-state index contributed by atoms with van der Waals surface area (Å²) in [4.78, 5) is 14.2. The van der Waals surface area contributed by atoms with Crippen LogP contribution in [-0.4, -0.2) is 25.2 Å². The van der Waals surface area contributed by atoms with Crippen LogP contribution in [0.3, 0.4) is 0 Å². The van der Waals surface area contributed by atoms with Crippen molar-refractivity contribution in [2.75, 3.05) is 18.0 Å². The number of nitrogens with zero attached hydrogens (tertiary/aromatic N) is 1. The Morgan fingerprint density at radius 3 is 2.74 bits per heavy atom. The normalized spacial score (nSPS) is 14.8. The molecular weight excluding hydrogens is 238 g/mol. The largest absolute Gasteiger partial charge is 0.335 e. The molecule has 1 aliphatic carbocycles. The van der Waals surface area contributed by atoms with Crippen LogP contribution in [-0.2, 0) is 0 Å². The second-order valence-electron chi connectivity index (χ2n) is 5.16. The van der Waals surface area contributed by atoms with Crippen LogP contribution in [0.4, 0.5) is 10.5 Å². The number of nitrogens with two attached hydrogens (primary N) is 1. The molecule has 3 N–H and O–H groups in total. The maximum atomic E-state index is 12.4. The minimum Gasteiger partial charge on any atom is -0.335 e. The maximum absolute atomic E-state index is 12.4. The van der Waals surface area contributed by atoms with Crippen molar-refractivity contribution in [3.8, 4) is 0 Å². The maximum Gasteiger partial charge on any atom is 0.322 e. The smallest absolute Gasteiger partial charge is 0.322 e. The van der Waals surface area contributed by atoms with Crippen molar-refractivity contribution in [3.63, 3.8) is 0 Å². The van der Waals surface area contributed by atoms with E-state index in [4.69, 9.17) is 5.73 Å². The van der Waals surface area contributed by atoms with Gasteiger partial charge in [0.25, 0.3) is 0 Å². The van der Waals surface area contributed by atoms with Crippen molar-refractivity contribution in [1.29, 1.82) is 0 Å². The fourth-order valence-corrected chi connectivity index (χ4v) is 2.25. The van der Waals surface area contributed by atoms with E-state index in [2.05, 4.69) is 5.32 Å². The van der Waals surface area contributed by atoms with Crippen molar-refractivity contribution in [1.82, 2.24) is 5.32 Å². The zero-order chi connectivity index (χ0) is 13.7. The summed E-state index contributed by atoms with van der Waals surface area (Å²) in [6, 6.07) is 8.34. The molecule has 19 heavy (non-hydrogen) atoms. The van der Waals surface area contributed by atoms with Gasteiger partial charge in [0, 0.05) is 18.3 Å². The third-order valence-electron chi connectivity index (χ3n) is 3.67. The highest BCUT2D eigenvalue weighted by molar-refractivity contribution is 5.93. The number of benzene rings is 1. The van der Waals surface area contributed by atoms with E-state index in [0.29, 0.717) is 19.1 Å². The Hall–Kier alpha value is -1.55. The molecule has 1 aromatic carbocycles. The Labute approximate surface area is 115 Å². The number of anilines is 1. The Balaban J connectivity index is 2.10. The Morgan fingerprint density at radius 1 is 1.42 bits per heavy atom. The lowest BCUT2D eigenvalue weighted by Crippen LogP contribution is -2.48. The van der Waals surface area contributed by atoms with Gasteiger partial charge in [-0.05, 0) is 50.8 Å². The highest BCUT2D eigenvalue weighted by atomic mass is 16.2. The third-order valence-corrected chi connectivity index (χ3v) is 3.67. The number of urea groups is 1. The van der Waals surface area contributed by atoms with E-state index in [9.17, 15) is 4.79 Å². The van der Waals surface area contributed by atoms with Gasteiger partial charge in [0.05, 0.1) is 0 Å². The number of hydrogen-bond donors (Lipinski definition) is 2. The molecule has 0 bridgehead atoms. The summed E-state index contributed by atoms with van der Waals surface area (Å²) < 4.78 is 0. The number of para-hydroxylation sites is 1. The van der Waals surface area contributed by atoms with Gasteiger partial charge in [-0.25, -0.2) is 4.79 Å². The monoisotopic (exact) mass is 261 g/mol. The minimum atomic E-state index is 0.00690. The summed E-state index contributed by atoms with van der Waals surface area (Å²) in [6.07, 6.45) is 4.24. The third kappa shape index (κ3) is 3.47. The first kappa shape index (κ1) is 13.9. The molecular formula is C15H23N3O. The standard InChI is InChI=1S/C15H23N3O/c1-12-6-2-3-9-14(12)18(11-5-10-16)15(19)17-13-7-4-8-13/h2-3,6,9,13H,4-5,7-8,10-11,16H2,1H3,(H,17,19). The second-order valence-corrected chi connectivity index (χ2v) is 5.16. The first-order valence-electron chi connectivity index (χ1n) is 7.06. The molecule has 4 nitrogen and oxygen atoms in total. The zero-order valence-corrected chi connectivity index (χ0v) is 11.6. The first-order valence-corrected chi connectivity index (χ1v) is 7.06. The molecule has 0 atom stereocenters. The average molecular weight is 261 g/mol. The Morgan fingerprint density at radius 2 is 2.16 bits per heavy atom. The van der Waals surface area contributed by atoms with Gasteiger partial charge >= 0.3 is 6.03 Å². The number of nitrogens with one attached hydrogen (secondary N) is 1. The summed E-state index contributed by atoms with van der Waals surface area (Å²) in [6.45, 7) is 3.29. The van der Waals surface area contributed by atoms with Crippen LogP contribution in [0.1, 0.15) is 31.2 Å². The van der Waals surface area contributed by atoms with Gasteiger partial charge in [-0.15, -0.1) is 0 Å². The van der Waals surface area contributed by atoms with E-state index in [1.54, 1.807) is 0 Å². The fourth-order valence-electron chi connectivity index (χ4n) is 2.25. The van der Waals surface area contributed by atoms with Crippen molar-refractivity contribution < 1.29 is 4.79 Å². The van der Waals surface area contributed by atoms with Crippen LogP contribution in [0, 0.1) is 6.92 Å². The van der Waals surface area contributed by atoms with Crippen molar-refractivity contribution in [3.05, 3.63) is 29.8 Å². The molecule has 0 unspecified atom stereocenters. The van der Waals surface area contributed by atoms with E-state index < -0.39 is 0 Å². The van der Waals surface area contributed by atoms with Crippen LogP contribution in [0.25, 0.3) is 0 Å². The van der Waals surface area contributed by atoms with Crippen LogP contribution in [0.5, 0.6) is 0 Å². The number of carbonyl (C=O) groups is 1. The van der Waals surface area contributed by atoms with E-state index in [-0.39, 0.29) is 6.03 Å². The molecule has 104 valence electrons. The first-order chi connectivity index (χ1) is 9.22. The Kier molecular flexibility index (Phi) is 4.80. The van der Waals surface area contributed by atoms with E-state index in [1.807, 2.05) is 36.1 Å². The summed E-state index contributed by atoms with van der Waals surface area (Å²) in [7, 11) is 0. The molecule has 0 aromatic heterocycles. The molecule has 2 rings (SSSR count). The van der Waals surface area contributed by atoms with Crippen LogP contribution < -0.4 is 16.0 Å². The summed E-state index contributed by atoms with van der Waals surface area (Å²) in [5.41, 5.74) is 7.67. The number of carbonyl (C=O) groups excluding carboxylic acids is 1. The molecule has 0 spiro atoms. The molecule has 4 heteroatoms. The molecule has 1 aliphatic rings. The topological polar surface area (TPSA) is 58.4 Å². The van der Waals surface area contributed by atoms with Crippen LogP contribution >= 0.6 is 0 Å². The number of amides is 2. The molecule has 2 amide bonds. The highest BCUT2D eigenvalue weighted by Gasteiger charge is 2.23. The molecule has 0 aliphatic heterocycles. The fraction of sp³-hybridized carbons (Fsp3) is 0.533. The average Bonchev–Trinajstić information content (AvgIpc) is 2.36. The predicted molar refractivity (Wildman–Crippen MR) is 78.4 cm³/mol. The molecule has 1 fully saturated rings. The second kappa shape index (κ2) is 6.57. The van der Waals surface area contributed by atoms with Gasteiger partial charge in [-0.3, -0.25) is 4.90 Å². The van der Waals surface area contributed by atoms with Gasteiger partial charge < -0.3 is 11.1 Å². The molecule has 1 saturated carbocycles. The highest BCUT2D eigenvalue weighted by Crippen LogP contribution is 2.22. The SMILES string of the molecule is Cc1ccccc1N(CCCN)C(=O)NC1CCC1. The quantitative estimate of drug-likeness (QED) is 0.855. The number of rotatable bonds is 5. The summed E-state index contributed by atoms with van der Waals surface area (Å²) in [5.74, 6) is 0. The van der Waals surface area contributed by atoms with Crippen molar-refractivity contribution >= 4 is 11.7 Å². The lowest BCUT2D eigenvalue weighted by molar-refractivity contribution is 0.234. The zero-order valence-electron chi connectivity index (χ0n) is 11.6. The van der Waals surface area contributed by atoms with Gasteiger partial charge in [-0.1, -0.05) is 18.2 Å². The lowest BCUT2D eigenvalue weighted by atomic mass is 9.93. The van der Waals surface area contributed by atoms with Gasteiger partial charge in [0.2, 0.25) is 0 Å².